The van der Waals surface area contributed by atoms with Gasteiger partial charge in [0.1, 0.15) is 0 Å². The van der Waals surface area contributed by atoms with Crippen molar-refractivity contribution in [2.45, 2.75) is 42.9 Å². The first-order valence-corrected chi connectivity index (χ1v) is 14.1. The molecule has 4 saturated carbocycles. The second-order valence-electron chi connectivity index (χ2n) is 9.12. The van der Waals surface area contributed by atoms with E-state index < -0.39 is 16.1 Å². The van der Waals surface area contributed by atoms with Crippen LogP contribution in [0.15, 0.2) is 41.3 Å². The van der Waals surface area contributed by atoms with Gasteiger partial charge in [-0.1, -0.05) is 6.07 Å². The monoisotopic (exact) mass is 664 g/mol. The lowest BCUT2D eigenvalue weighted by atomic mass is 9.50. The van der Waals surface area contributed by atoms with Gasteiger partial charge in [-0.05, 0) is 143 Å². The second kappa shape index (κ2) is 8.25. The molecule has 4 fully saturated rings. The molecule has 0 aromatic heterocycles. The Bertz CT molecular complexity index is 1110. The molecule has 6 rings (SSSR count). The first-order valence-electron chi connectivity index (χ1n) is 10.5. The zero-order valence-corrected chi connectivity index (χ0v) is 21.8. The molecule has 8 heteroatoms. The van der Waals surface area contributed by atoms with E-state index in [1.165, 1.54) is 18.6 Å². The van der Waals surface area contributed by atoms with Gasteiger partial charge in [0.2, 0.25) is 0 Å². The third-order valence-corrected chi connectivity index (χ3v) is 9.85. The third-order valence-electron chi connectivity index (χ3n) is 7.22. The Morgan fingerprint density at radius 2 is 1.52 bits per heavy atom. The summed E-state index contributed by atoms with van der Waals surface area (Å²) in [5.41, 5.74) is 0.898. The van der Waals surface area contributed by atoms with Crippen LogP contribution in [-0.4, -0.2) is 18.9 Å². The van der Waals surface area contributed by atoms with Crippen molar-refractivity contribution in [2.75, 3.05) is 0 Å². The highest BCUT2D eigenvalue weighted by atomic mass is 127. The van der Waals surface area contributed by atoms with Gasteiger partial charge in [-0.25, -0.2) is 4.79 Å². The highest BCUT2D eigenvalue weighted by molar-refractivity contribution is 14.1. The number of halogens is 2. The van der Waals surface area contributed by atoms with Gasteiger partial charge in [0, 0.05) is 0 Å². The Morgan fingerprint density at radius 3 is 2.06 bits per heavy atom. The average Bonchev–Trinajstić information content (AvgIpc) is 2.69. The van der Waals surface area contributed by atoms with E-state index in [1.807, 2.05) is 18.2 Å². The van der Waals surface area contributed by atoms with Crippen molar-refractivity contribution in [3.8, 4) is 5.75 Å². The minimum absolute atomic E-state index is 0.0643. The lowest BCUT2D eigenvalue weighted by Gasteiger charge is -2.54. The molecular formula is C23H22I2O5S. The molecule has 0 radical (unpaired) electrons. The molecule has 4 aliphatic rings. The van der Waals surface area contributed by atoms with Crippen LogP contribution in [0.2, 0.25) is 0 Å². The number of rotatable bonds is 4. The van der Waals surface area contributed by atoms with E-state index in [0.29, 0.717) is 28.7 Å². The van der Waals surface area contributed by atoms with Crippen LogP contribution in [0.25, 0.3) is 0 Å². The largest absolute Gasteiger partial charge is 0.421 e. The predicted octanol–water partition coefficient (Wildman–Crippen LogP) is 5.90. The van der Waals surface area contributed by atoms with Crippen molar-refractivity contribution in [3.05, 3.63) is 54.7 Å². The van der Waals surface area contributed by atoms with E-state index in [4.69, 9.17) is 4.74 Å². The van der Waals surface area contributed by atoms with E-state index in [-0.39, 0.29) is 10.8 Å². The van der Waals surface area contributed by atoms with Crippen molar-refractivity contribution in [1.82, 2.24) is 0 Å². The molecule has 1 N–H and O–H groups in total. The van der Waals surface area contributed by atoms with Gasteiger partial charge in [-0.3, -0.25) is 4.55 Å². The minimum Gasteiger partial charge on any atom is -0.421 e. The van der Waals surface area contributed by atoms with Crippen molar-refractivity contribution in [3.63, 3.8) is 0 Å². The molecule has 0 spiro atoms. The summed E-state index contributed by atoms with van der Waals surface area (Å²) in [5, 5.41) is 0. The number of ether oxygens (including phenoxy) is 1. The Kier molecular flexibility index (Phi) is 5.88. The van der Waals surface area contributed by atoms with E-state index in [1.54, 1.807) is 6.07 Å². The molecule has 2 aromatic carbocycles. The maximum atomic E-state index is 13.0. The predicted molar refractivity (Wildman–Crippen MR) is 133 cm³/mol. The summed E-state index contributed by atoms with van der Waals surface area (Å²) < 4.78 is 41.6. The fourth-order valence-corrected chi connectivity index (χ4v) is 8.80. The fraction of sp³-hybridized carbons (Fsp3) is 0.435. The quantitative estimate of drug-likeness (QED) is 0.191. The number of para-hydroxylation sites is 1. The van der Waals surface area contributed by atoms with Crippen LogP contribution in [0.5, 0.6) is 5.75 Å². The Morgan fingerprint density at radius 1 is 0.935 bits per heavy atom. The molecule has 0 atom stereocenters. The normalized spacial score (nSPS) is 29.2. The van der Waals surface area contributed by atoms with Gasteiger partial charge in [0.15, 0.2) is 5.75 Å². The first kappa shape index (κ1) is 22.1. The summed E-state index contributed by atoms with van der Waals surface area (Å²) in [4.78, 5) is 12.9. The number of benzene rings is 2. The van der Waals surface area contributed by atoms with Gasteiger partial charge in [0.05, 0.1) is 17.6 Å². The van der Waals surface area contributed by atoms with Crippen LogP contribution >= 0.6 is 45.2 Å². The zero-order valence-electron chi connectivity index (χ0n) is 16.6. The van der Waals surface area contributed by atoms with Crippen LogP contribution in [0.1, 0.15) is 53.9 Å². The van der Waals surface area contributed by atoms with Crippen LogP contribution in [-0.2, 0) is 10.1 Å². The topological polar surface area (TPSA) is 80.7 Å². The Hall–Kier alpha value is -0.720. The van der Waals surface area contributed by atoms with Gasteiger partial charge in [-0.2, -0.15) is 8.42 Å². The smallest absolute Gasteiger partial charge is 0.343 e. The van der Waals surface area contributed by atoms with E-state index in [2.05, 4.69) is 45.2 Å². The van der Waals surface area contributed by atoms with Crippen molar-refractivity contribution in [1.29, 1.82) is 0 Å². The lowest BCUT2D eigenvalue weighted by molar-refractivity contribution is -0.00372. The SMILES string of the molecule is O=C(Oc1c(I)cccc1I)c1ccc(S(=O)(=O)O)c(C2C3CC4CC(C3)CC2C4)c1. The molecule has 0 unspecified atom stereocenters. The third kappa shape index (κ3) is 4.17. The fourth-order valence-electron chi connectivity index (χ4n) is 6.34. The number of carbonyl (C=O) groups is 1. The minimum atomic E-state index is -4.39. The summed E-state index contributed by atoms with van der Waals surface area (Å²) in [6, 6.07) is 10.1. The Balaban J connectivity index is 1.53. The molecule has 4 aliphatic carbocycles. The standard InChI is InChI=1S/C23H22I2O5S/c24-18-2-1-3-19(25)22(18)30-23(26)14-4-5-20(31(27,28)29)17(11-14)21-15-7-12-6-13(9-15)10-16(21)8-12/h1-5,11-13,15-16,21H,6-10H2,(H,27,28,29). The second-order valence-corrected chi connectivity index (χ2v) is 12.8. The highest BCUT2D eigenvalue weighted by Crippen LogP contribution is 2.60. The van der Waals surface area contributed by atoms with Gasteiger partial charge in [0.25, 0.3) is 10.1 Å². The highest BCUT2D eigenvalue weighted by Gasteiger charge is 2.49. The molecule has 4 bridgehead atoms. The average molecular weight is 664 g/mol. The number of hydrogen-bond acceptors (Lipinski definition) is 4. The molecule has 5 nitrogen and oxygen atoms in total. The summed E-state index contributed by atoms with van der Waals surface area (Å²) in [6.07, 6.45) is 5.73. The van der Waals surface area contributed by atoms with Crippen LogP contribution in [0, 0.1) is 30.8 Å². The number of esters is 1. The Labute approximate surface area is 209 Å². The number of hydrogen-bond donors (Lipinski definition) is 1. The first-order chi connectivity index (χ1) is 14.7. The summed E-state index contributed by atoms with van der Waals surface area (Å²) in [5.74, 6) is 2.36. The maximum Gasteiger partial charge on any atom is 0.343 e. The van der Waals surface area contributed by atoms with Gasteiger partial charge >= 0.3 is 5.97 Å². The molecular weight excluding hydrogens is 642 g/mol. The summed E-state index contributed by atoms with van der Waals surface area (Å²) in [6.45, 7) is 0. The zero-order chi connectivity index (χ0) is 21.9. The van der Waals surface area contributed by atoms with Crippen molar-refractivity contribution < 1.29 is 22.5 Å². The van der Waals surface area contributed by atoms with Gasteiger partial charge < -0.3 is 4.74 Å². The number of carbonyl (C=O) groups excluding carboxylic acids is 1. The molecule has 2 aromatic rings. The van der Waals surface area contributed by atoms with Crippen LogP contribution < -0.4 is 4.74 Å². The summed E-state index contributed by atoms with van der Waals surface area (Å²) in [7, 11) is -4.39. The molecule has 0 amide bonds. The van der Waals surface area contributed by atoms with Crippen molar-refractivity contribution >= 4 is 61.3 Å². The molecule has 164 valence electrons. The molecule has 0 aliphatic heterocycles. The van der Waals surface area contributed by atoms with Gasteiger partial charge in [-0.15, -0.1) is 0 Å². The van der Waals surface area contributed by atoms with Crippen molar-refractivity contribution in [2.24, 2.45) is 23.7 Å². The maximum absolute atomic E-state index is 13.0. The van der Waals surface area contributed by atoms with Crippen LogP contribution in [0.3, 0.4) is 0 Å². The van der Waals surface area contributed by atoms with Crippen LogP contribution in [0.4, 0.5) is 0 Å². The van der Waals surface area contributed by atoms with E-state index in [0.717, 1.165) is 44.7 Å². The molecule has 0 saturated heterocycles. The van der Waals surface area contributed by atoms with E-state index >= 15 is 0 Å². The lowest BCUT2D eigenvalue weighted by Crippen LogP contribution is -2.44. The summed E-state index contributed by atoms with van der Waals surface area (Å²) >= 11 is 4.25. The van der Waals surface area contributed by atoms with E-state index in [9.17, 15) is 17.8 Å². The molecule has 31 heavy (non-hydrogen) atoms. The molecule has 0 heterocycles.